The second-order valence-electron chi connectivity index (χ2n) is 6.26. The zero-order valence-corrected chi connectivity index (χ0v) is 14.3. The highest BCUT2D eigenvalue weighted by atomic mass is 19.1. The minimum atomic E-state index is -0.221. The summed E-state index contributed by atoms with van der Waals surface area (Å²) >= 11 is 0. The van der Waals surface area contributed by atoms with Crippen molar-refractivity contribution in [2.75, 3.05) is 44.2 Å². The fraction of sp³-hybridized carbons (Fsp3) is 0.350. The lowest BCUT2D eigenvalue weighted by molar-refractivity contribution is -0.130. The number of hydrogen-bond donors (Lipinski definition) is 1. The molecule has 1 aliphatic rings. The monoisotopic (exact) mass is 341 g/mol. The van der Waals surface area contributed by atoms with Crippen molar-refractivity contribution in [3.63, 3.8) is 0 Å². The molecule has 4 nitrogen and oxygen atoms in total. The summed E-state index contributed by atoms with van der Waals surface area (Å²) in [6.45, 7) is 4.31. The Morgan fingerprint density at radius 1 is 0.960 bits per heavy atom. The molecule has 1 saturated heterocycles. The van der Waals surface area contributed by atoms with Gasteiger partial charge in [-0.1, -0.05) is 30.3 Å². The van der Waals surface area contributed by atoms with Crippen molar-refractivity contribution in [3.8, 4) is 0 Å². The van der Waals surface area contributed by atoms with Crippen LogP contribution >= 0.6 is 0 Å². The molecule has 1 heterocycles. The molecule has 5 heteroatoms. The van der Waals surface area contributed by atoms with Crippen LogP contribution in [0.1, 0.15) is 5.56 Å². The molecule has 2 aromatic carbocycles. The normalized spacial score (nSPS) is 14.6. The van der Waals surface area contributed by atoms with Gasteiger partial charge in [0.1, 0.15) is 5.82 Å². The summed E-state index contributed by atoms with van der Waals surface area (Å²) in [6, 6.07) is 16.8. The van der Waals surface area contributed by atoms with Gasteiger partial charge in [-0.2, -0.15) is 0 Å². The van der Waals surface area contributed by atoms with Crippen molar-refractivity contribution in [1.29, 1.82) is 0 Å². The molecular formula is C20H24FN3O. The van der Waals surface area contributed by atoms with Gasteiger partial charge < -0.3 is 15.1 Å². The average Bonchev–Trinajstić information content (AvgIpc) is 2.67. The van der Waals surface area contributed by atoms with Gasteiger partial charge in [0.2, 0.25) is 5.91 Å². The van der Waals surface area contributed by atoms with Crippen molar-refractivity contribution >= 4 is 11.6 Å². The lowest BCUT2D eigenvalue weighted by atomic mass is 10.1. The number of piperazine rings is 1. The third-order valence-corrected chi connectivity index (χ3v) is 4.53. The highest BCUT2D eigenvalue weighted by Crippen LogP contribution is 2.15. The Balaban J connectivity index is 1.36. The lowest BCUT2D eigenvalue weighted by Gasteiger charge is -2.36. The molecule has 0 spiro atoms. The van der Waals surface area contributed by atoms with Gasteiger partial charge in [0.15, 0.2) is 0 Å². The molecule has 0 aromatic heterocycles. The number of para-hydroxylation sites is 1. The molecule has 25 heavy (non-hydrogen) atoms. The third-order valence-electron chi connectivity index (χ3n) is 4.53. The molecule has 3 rings (SSSR count). The Kier molecular flexibility index (Phi) is 6.01. The maximum Gasteiger partial charge on any atom is 0.236 e. The summed E-state index contributed by atoms with van der Waals surface area (Å²) in [5, 5.41) is 3.19. The van der Waals surface area contributed by atoms with Crippen LogP contribution in [0.15, 0.2) is 54.6 Å². The first-order chi connectivity index (χ1) is 12.2. The van der Waals surface area contributed by atoms with Gasteiger partial charge in [-0.3, -0.25) is 4.79 Å². The highest BCUT2D eigenvalue weighted by molar-refractivity contribution is 5.78. The topological polar surface area (TPSA) is 35.6 Å². The average molecular weight is 341 g/mol. The van der Waals surface area contributed by atoms with E-state index in [0.717, 1.165) is 38.2 Å². The number of carbonyl (C=O) groups is 1. The van der Waals surface area contributed by atoms with E-state index in [-0.39, 0.29) is 11.7 Å². The quantitative estimate of drug-likeness (QED) is 0.819. The van der Waals surface area contributed by atoms with E-state index in [4.69, 9.17) is 0 Å². The van der Waals surface area contributed by atoms with E-state index in [1.807, 2.05) is 23.1 Å². The maximum absolute atomic E-state index is 12.9. The van der Waals surface area contributed by atoms with Gasteiger partial charge in [-0.25, -0.2) is 4.39 Å². The molecule has 2 aromatic rings. The van der Waals surface area contributed by atoms with Crippen LogP contribution in [-0.2, 0) is 11.2 Å². The van der Waals surface area contributed by atoms with Crippen LogP contribution in [0.25, 0.3) is 0 Å². The van der Waals surface area contributed by atoms with E-state index in [9.17, 15) is 9.18 Å². The number of hydrogen-bond acceptors (Lipinski definition) is 3. The first-order valence-corrected chi connectivity index (χ1v) is 8.75. The Hall–Kier alpha value is -2.40. The predicted octanol–water partition coefficient (Wildman–Crippen LogP) is 2.31. The van der Waals surface area contributed by atoms with Gasteiger partial charge in [0, 0.05) is 31.9 Å². The maximum atomic E-state index is 12.9. The first kappa shape index (κ1) is 17.4. The Labute approximate surface area is 148 Å². The lowest BCUT2D eigenvalue weighted by Crippen LogP contribution is -2.51. The van der Waals surface area contributed by atoms with Crippen LogP contribution in [-0.4, -0.2) is 50.1 Å². The second kappa shape index (κ2) is 8.62. The van der Waals surface area contributed by atoms with Crippen molar-refractivity contribution in [2.45, 2.75) is 6.42 Å². The fourth-order valence-electron chi connectivity index (χ4n) is 3.04. The third kappa shape index (κ3) is 5.03. The summed E-state index contributed by atoms with van der Waals surface area (Å²) in [4.78, 5) is 16.5. The van der Waals surface area contributed by atoms with Crippen LogP contribution < -0.4 is 10.2 Å². The largest absolute Gasteiger partial charge is 0.368 e. The summed E-state index contributed by atoms with van der Waals surface area (Å²) in [6.07, 6.45) is 0.787. The van der Waals surface area contributed by atoms with E-state index in [0.29, 0.717) is 13.1 Å². The zero-order chi connectivity index (χ0) is 17.5. The molecule has 132 valence electrons. The van der Waals surface area contributed by atoms with Crippen LogP contribution in [0.4, 0.5) is 10.1 Å². The molecule has 0 unspecified atom stereocenters. The smallest absolute Gasteiger partial charge is 0.236 e. The summed E-state index contributed by atoms with van der Waals surface area (Å²) in [5.41, 5.74) is 2.28. The minimum absolute atomic E-state index is 0.145. The molecule has 0 aliphatic carbocycles. The number of halogens is 1. The number of benzene rings is 2. The van der Waals surface area contributed by atoms with Gasteiger partial charge in [-0.15, -0.1) is 0 Å². The SMILES string of the molecule is O=C(CNCCc1ccc(F)cc1)N1CCN(c2ccccc2)CC1. The van der Waals surface area contributed by atoms with Crippen LogP contribution in [0, 0.1) is 5.82 Å². The van der Waals surface area contributed by atoms with Gasteiger partial charge in [-0.05, 0) is 42.8 Å². The minimum Gasteiger partial charge on any atom is -0.368 e. The summed E-state index contributed by atoms with van der Waals surface area (Å²) in [5.74, 6) is -0.0756. The van der Waals surface area contributed by atoms with E-state index in [2.05, 4.69) is 22.3 Å². The van der Waals surface area contributed by atoms with E-state index >= 15 is 0 Å². The molecule has 1 fully saturated rings. The Bertz CT molecular complexity index is 667. The van der Waals surface area contributed by atoms with Crippen molar-refractivity contribution in [3.05, 3.63) is 66.0 Å². The number of anilines is 1. The van der Waals surface area contributed by atoms with Crippen molar-refractivity contribution < 1.29 is 9.18 Å². The summed E-state index contributed by atoms with van der Waals surface area (Å²) in [7, 11) is 0. The van der Waals surface area contributed by atoms with Gasteiger partial charge >= 0.3 is 0 Å². The summed E-state index contributed by atoms with van der Waals surface area (Å²) < 4.78 is 12.9. The number of carbonyl (C=O) groups excluding carboxylic acids is 1. The molecule has 0 radical (unpaired) electrons. The fourth-order valence-corrected chi connectivity index (χ4v) is 3.04. The van der Waals surface area contributed by atoms with Gasteiger partial charge in [0.05, 0.1) is 6.54 Å². The van der Waals surface area contributed by atoms with E-state index in [1.165, 1.54) is 17.8 Å². The van der Waals surface area contributed by atoms with Gasteiger partial charge in [0.25, 0.3) is 0 Å². The Morgan fingerprint density at radius 3 is 2.32 bits per heavy atom. The number of rotatable bonds is 6. The van der Waals surface area contributed by atoms with Crippen molar-refractivity contribution in [2.24, 2.45) is 0 Å². The molecule has 1 aliphatic heterocycles. The number of nitrogens with zero attached hydrogens (tertiary/aromatic N) is 2. The first-order valence-electron chi connectivity index (χ1n) is 8.75. The van der Waals surface area contributed by atoms with Crippen LogP contribution in [0.3, 0.4) is 0 Å². The molecule has 0 saturated carbocycles. The standard InChI is InChI=1S/C20H24FN3O/c21-18-8-6-17(7-9-18)10-11-22-16-20(25)24-14-12-23(13-15-24)19-4-2-1-3-5-19/h1-9,22H,10-16H2. The molecule has 1 amide bonds. The van der Waals surface area contributed by atoms with E-state index in [1.54, 1.807) is 12.1 Å². The Morgan fingerprint density at radius 2 is 1.64 bits per heavy atom. The molecular weight excluding hydrogens is 317 g/mol. The highest BCUT2D eigenvalue weighted by Gasteiger charge is 2.20. The predicted molar refractivity (Wildman–Crippen MR) is 98.2 cm³/mol. The molecule has 0 atom stereocenters. The molecule has 1 N–H and O–H groups in total. The molecule has 0 bridgehead atoms. The zero-order valence-electron chi connectivity index (χ0n) is 14.3. The van der Waals surface area contributed by atoms with Crippen LogP contribution in [0.2, 0.25) is 0 Å². The van der Waals surface area contributed by atoms with Crippen LogP contribution in [0.5, 0.6) is 0 Å². The second-order valence-corrected chi connectivity index (χ2v) is 6.26. The number of amides is 1. The van der Waals surface area contributed by atoms with E-state index < -0.39 is 0 Å². The van der Waals surface area contributed by atoms with Crippen molar-refractivity contribution in [1.82, 2.24) is 10.2 Å². The number of nitrogens with one attached hydrogen (secondary N) is 1.